The fourth-order valence-electron chi connectivity index (χ4n) is 3.04. The molecule has 19 heavy (non-hydrogen) atoms. The van der Waals surface area contributed by atoms with E-state index in [1.165, 1.54) is 0 Å². The van der Waals surface area contributed by atoms with Crippen molar-refractivity contribution in [2.24, 2.45) is 11.3 Å². The predicted molar refractivity (Wildman–Crippen MR) is 75.9 cm³/mol. The van der Waals surface area contributed by atoms with E-state index in [0.29, 0.717) is 10.6 Å². The van der Waals surface area contributed by atoms with Crippen LogP contribution in [0.25, 0.3) is 0 Å². The lowest BCUT2D eigenvalue weighted by Crippen LogP contribution is -2.29. The van der Waals surface area contributed by atoms with Crippen LogP contribution in [-0.4, -0.2) is 5.78 Å². The second-order valence-electron chi connectivity index (χ2n) is 5.95. The summed E-state index contributed by atoms with van der Waals surface area (Å²) in [5.74, 6) is -0.663. The van der Waals surface area contributed by atoms with Crippen molar-refractivity contribution >= 4 is 17.4 Å². The van der Waals surface area contributed by atoms with Crippen LogP contribution in [0.5, 0.6) is 0 Å². The standard InChI is InChI=1S/C16H18ClNO/c1-16(2)8-4-7-14(16)15(19)13(10-18)11-5-3-6-12(17)9-11/h3,5-6,9,13-14H,4,7-8H2,1-2H3. The Morgan fingerprint density at radius 1 is 1.53 bits per heavy atom. The maximum atomic E-state index is 12.6. The number of Topliss-reactive ketones (excluding diaryl/α,β-unsaturated/α-hetero) is 1. The molecule has 0 saturated heterocycles. The van der Waals surface area contributed by atoms with Gasteiger partial charge in [-0.25, -0.2) is 0 Å². The third-order valence-corrected chi connectivity index (χ3v) is 4.43. The highest BCUT2D eigenvalue weighted by Crippen LogP contribution is 2.45. The number of halogens is 1. The average molecular weight is 276 g/mol. The molecule has 2 rings (SSSR count). The van der Waals surface area contributed by atoms with Crippen molar-refractivity contribution in [1.29, 1.82) is 5.26 Å². The third-order valence-electron chi connectivity index (χ3n) is 4.20. The van der Waals surface area contributed by atoms with Crippen LogP contribution in [-0.2, 0) is 4.79 Å². The molecule has 3 heteroatoms. The minimum Gasteiger partial charge on any atom is -0.298 e. The summed E-state index contributed by atoms with van der Waals surface area (Å²) in [5, 5.41) is 9.92. The van der Waals surface area contributed by atoms with Crippen molar-refractivity contribution < 1.29 is 4.79 Å². The molecule has 0 heterocycles. The van der Waals surface area contributed by atoms with Gasteiger partial charge in [0.25, 0.3) is 0 Å². The van der Waals surface area contributed by atoms with E-state index in [4.69, 9.17) is 11.6 Å². The summed E-state index contributed by atoms with van der Waals surface area (Å²) in [6.07, 6.45) is 3.01. The smallest absolute Gasteiger partial charge is 0.158 e. The minimum atomic E-state index is -0.693. The average Bonchev–Trinajstić information content (AvgIpc) is 2.70. The van der Waals surface area contributed by atoms with Gasteiger partial charge in [0.2, 0.25) is 0 Å². The maximum Gasteiger partial charge on any atom is 0.158 e. The van der Waals surface area contributed by atoms with Gasteiger partial charge in [-0.3, -0.25) is 4.79 Å². The quantitative estimate of drug-likeness (QED) is 0.823. The molecule has 1 aliphatic carbocycles. The monoisotopic (exact) mass is 275 g/mol. The van der Waals surface area contributed by atoms with E-state index in [2.05, 4.69) is 19.9 Å². The van der Waals surface area contributed by atoms with Crippen LogP contribution in [0.2, 0.25) is 5.02 Å². The van der Waals surface area contributed by atoms with Gasteiger partial charge in [0.15, 0.2) is 5.78 Å². The van der Waals surface area contributed by atoms with Gasteiger partial charge in [-0.15, -0.1) is 0 Å². The molecule has 2 unspecified atom stereocenters. The lowest BCUT2D eigenvalue weighted by molar-refractivity contribution is -0.125. The molecule has 2 atom stereocenters. The van der Waals surface area contributed by atoms with Gasteiger partial charge in [0.05, 0.1) is 6.07 Å². The van der Waals surface area contributed by atoms with E-state index in [1.807, 2.05) is 0 Å². The van der Waals surface area contributed by atoms with Crippen molar-refractivity contribution in [1.82, 2.24) is 0 Å². The fourth-order valence-corrected chi connectivity index (χ4v) is 3.24. The van der Waals surface area contributed by atoms with Gasteiger partial charge >= 0.3 is 0 Å². The highest BCUT2D eigenvalue weighted by Gasteiger charge is 2.42. The van der Waals surface area contributed by atoms with Gasteiger partial charge in [-0.05, 0) is 36.0 Å². The lowest BCUT2D eigenvalue weighted by Gasteiger charge is -2.27. The van der Waals surface area contributed by atoms with Crippen LogP contribution in [0.4, 0.5) is 0 Å². The first-order valence-electron chi connectivity index (χ1n) is 6.64. The third kappa shape index (κ3) is 2.82. The molecule has 0 aromatic heterocycles. The largest absolute Gasteiger partial charge is 0.298 e. The Balaban J connectivity index is 2.28. The molecule has 1 fully saturated rings. The SMILES string of the molecule is CC1(C)CCCC1C(=O)C(C#N)c1cccc(Cl)c1. The predicted octanol–water partition coefficient (Wildman–Crippen LogP) is 4.34. The summed E-state index contributed by atoms with van der Waals surface area (Å²) in [6, 6.07) is 9.21. The Hall–Kier alpha value is -1.33. The zero-order valence-corrected chi connectivity index (χ0v) is 12.1. The maximum absolute atomic E-state index is 12.6. The highest BCUT2D eigenvalue weighted by molar-refractivity contribution is 6.30. The van der Waals surface area contributed by atoms with Gasteiger partial charge in [-0.1, -0.05) is 44.0 Å². The number of carbonyl (C=O) groups is 1. The van der Waals surface area contributed by atoms with Crippen molar-refractivity contribution in [3.05, 3.63) is 34.9 Å². The molecule has 0 N–H and O–H groups in total. The van der Waals surface area contributed by atoms with Crippen LogP contribution >= 0.6 is 11.6 Å². The first-order chi connectivity index (χ1) is 8.95. The number of carbonyl (C=O) groups excluding carboxylic acids is 1. The molecular weight excluding hydrogens is 258 g/mol. The first-order valence-corrected chi connectivity index (χ1v) is 7.02. The van der Waals surface area contributed by atoms with Crippen LogP contribution in [0.15, 0.2) is 24.3 Å². The molecule has 0 spiro atoms. The molecular formula is C16H18ClNO. The van der Waals surface area contributed by atoms with E-state index < -0.39 is 5.92 Å². The molecule has 1 aromatic carbocycles. The number of benzene rings is 1. The van der Waals surface area contributed by atoms with Crippen LogP contribution in [0.3, 0.4) is 0 Å². The zero-order valence-electron chi connectivity index (χ0n) is 11.3. The first kappa shape index (κ1) is 14.1. The van der Waals surface area contributed by atoms with E-state index in [9.17, 15) is 10.1 Å². The number of hydrogen-bond donors (Lipinski definition) is 0. The summed E-state index contributed by atoms with van der Waals surface area (Å²) in [5.41, 5.74) is 0.716. The summed E-state index contributed by atoms with van der Waals surface area (Å²) in [7, 11) is 0. The minimum absolute atomic E-state index is 0.00472. The summed E-state index contributed by atoms with van der Waals surface area (Å²) < 4.78 is 0. The molecule has 0 bridgehead atoms. The lowest BCUT2D eigenvalue weighted by atomic mass is 9.75. The molecule has 1 aromatic rings. The highest BCUT2D eigenvalue weighted by atomic mass is 35.5. The number of nitriles is 1. The number of nitrogens with zero attached hydrogens (tertiary/aromatic N) is 1. The summed E-state index contributed by atoms with van der Waals surface area (Å²) in [6.45, 7) is 4.24. The van der Waals surface area contributed by atoms with E-state index in [1.54, 1.807) is 24.3 Å². The Bertz CT molecular complexity index is 530. The molecule has 2 nitrogen and oxygen atoms in total. The molecule has 0 radical (unpaired) electrons. The van der Waals surface area contributed by atoms with Gasteiger partial charge in [0, 0.05) is 10.9 Å². The van der Waals surface area contributed by atoms with Gasteiger partial charge in [-0.2, -0.15) is 5.26 Å². The normalized spacial score (nSPS) is 22.7. The van der Waals surface area contributed by atoms with E-state index in [0.717, 1.165) is 19.3 Å². The second kappa shape index (κ2) is 5.35. The van der Waals surface area contributed by atoms with Crippen molar-refractivity contribution in [3.63, 3.8) is 0 Å². The van der Waals surface area contributed by atoms with Gasteiger partial charge in [0.1, 0.15) is 5.92 Å². The molecule has 100 valence electrons. The van der Waals surface area contributed by atoms with E-state index in [-0.39, 0.29) is 17.1 Å². The molecule has 0 amide bonds. The van der Waals surface area contributed by atoms with Crippen LogP contribution in [0.1, 0.15) is 44.6 Å². The Morgan fingerprint density at radius 3 is 2.79 bits per heavy atom. The van der Waals surface area contributed by atoms with Crippen LogP contribution < -0.4 is 0 Å². The zero-order chi connectivity index (χ0) is 14.0. The van der Waals surface area contributed by atoms with Crippen LogP contribution in [0, 0.1) is 22.7 Å². The number of hydrogen-bond acceptors (Lipinski definition) is 2. The molecule has 0 aliphatic heterocycles. The Morgan fingerprint density at radius 2 is 2.26 bits per heavy atom. The second-order valence-corrected chi connectivity index (χ2v) is 6.39. The summed E-state index contributed by atoms with van der Waals surface area (Å²) >= 11 is 5.95. The fraction of sp³-hybridized carbons (Fsp3) is 0.500. The van der Waals surface area contributed by atoms with Gasteiger partial charge < -0.3 is 0 Å². The molecule has 1 saturated carbocycles. The van der Waals surface area contributed by atoms with Crippen molar-refractivity contribution in [2.45, 2.75) is 39.0 Å². The van der Waals surface area contributed by atoms with Crippen molar-refractivity contribution in [3.8, 4) is 6.07 Å². The molecule has 1 aliphatic rings. The van der Waals surface area contributed by atoms with Crippen molar-refractivity contribution in [2.75, 3.05) is 0 Å². The Labute approximate surface area is 119 Å². The number of ketones is 1. The number of rotatable bonds is 3. The van der Waals surface area contributed by atoms with E-state index >= 15 is 0 Å². The topological polar surface area (TPSA) is 40.9 Å². The summed E-state index contributed by atoms with van der Waals surface area (Å²) in [4.78, 5) is 12.6. The Kier molecular flexibility index (Phi) is 3.96.